The standard InChI is InChI=1S/C19H23N3O3S/c1-21(26-17-5-3-2-4-6-17)16-7-8-18(19(13-16)22(23)24)20-14-15-9-11-25-12-10-15/h2-8,13,15,20H,9-12,14H2,1H3. The molecule has 1 aliphatic heterocycles. The van der Waals surface area contributed by atoms with Crippen molar-refractivity contribution in [2.45, 2.75) is 17.7 Å². The Bertz CT molecular complexity index is 736. The maximum atomic E-state index is 11.5. The smallest absolute Gasteiger partial charge is 0.294 e. The minimum Gasteiger partial charge on any atom is -0.381 e. The van der Waals surface area contributed by atoms with Gasteiger partial charge in [-0.05, 0) is 55.0 Å². The predicted molar refractivity (Wildman–Crippen MR) is 106 cm³/mol. The number of anilines is 2. The van der Waals surface area contributed by atoms with Gasteiger partial charge in [0.15, 0.2) is 0 Å². The van der Waals surface area contributed by atoms with Crippen LogP contribution in [0.5, 0.6) is 0 Å². The number of benzene rings is 2. The third-order valence-corrected chi connectivity index (χ3v) is 5.42. The molecule has 1 heterocycles. The number of rotatable bonds is 7. The molecule has 0 aliphatic carbocycles. The molecule has 1 fully saturated rings. The molecule has 3 rings (SSSR count). The number of hydrogen-bond donors (Lipinski definition) is 1. The molecule has 0 unspecified atom stereocenters. The van der Waals surface area contributed by atoms with Gasteiger partial charge < -0.3 is 14.4 Å². The zero-order valence-electron chi connectivity index (χ0n) is 14.8. The van der Waals surface area contributed by atoms with Crippen molar-refractivity contribution < 1.29 is 9.66 Å². The molecule has 7 heteroatoms. The monoisotopic (exact) mass is 373 g/mol. The van der Waals surface area contributed by atoms with Crippen molar-refractivity contribution in [2.75, 3.05) is 36.4 Å². The second-order valence-corrected chi connectivity index (χ2v) is 7.50. The average Bonchev–Trinajstić information content (AvgIpc) is 2.67. The maximum Gasteiger partial charge on any atom is 0.294 e. The molecule has 2 aromatic rings. The molecule has 1 N–H and O–H groups in total. The highest BCUT2D eigenvalue weighted by Crippen LogP contribution is 2.34. The first-order valence-electron chi connectivity index (χ1n) is 8.70. The summed E-state index contributed by atoms with van der Waals surface area (Å²) in [6.07, 6.45) is 1.99. The van der Waals surface area contributed by atoms with Crippen LogP contribution in [0.2, 0.25) is 0 Å². The van der Waals surface area contributed by atoms with Crippen LogP contribution in [0.15, 0.2) is 53.4 Å². The lowest BCUT2D eigenvalue weighted by Gasteiger charge is -2.23. The van der Waals surface area contributed by atoms with Crippen molar-refractivity contribution in [3.8, 4) is 0 Å². The van der Waals surface area contributed by atoms with Crippen LogP contribution in [0.1, 0.15) is 12.8 Å². The Kier molecular flexibility index (Phi) is 6.35. The fourth-order valence-corrected chi connectivity index (χ4v) is 3.73. The quantitative estimate of drug-likeness (QED) is 0.435. The highest BCUT2D eigenvalue weighted by molar-refractivity contribution is 8.00. The van der Waals surface area contributed by atoms with Gasteiger partial charge in [-0.25, -0.2) is 0 Å². The highest BCUT2D eigenvalue weighted by atomic mass is 32.2. The van der Waals surface area contributed by atoms with Crippen LogP contribution < -0.4 is 9.62 Å². The molecule has 0 saturated carbocycles. The summed E-state index contributed by atoms with van der Waals surface area (Å²) in [6, 6.07) is 15.3. The topological polar surface area (TPSA) is 67.6 Å². The zero-order chi connectivity index (χ0) is 18.4. The number of nitro groups is 1. The molecule has 26 heavy (non-hydrogen) atoms. The van der Waals surface area contributed by atoms with E-state index in [1.54, 1.807) is 12.1 Å². The molecule has 1 aliphatic rings. The Hall–Kier alpha value is -2.25. The minimum atomic E-state index is -0.323. The average molecular weight is 373 g/mol. The largest absolute Gasteiger partial charge is 0.381 e. The summed E-state index contributed by atoms with van der Waals surface area (Å²) in [5.41, 5.74) is 1.47. The normalized spacial score (nSPS) is 14.8. The highest BCUT2D eigenvalue weighted by Gasteiger charge is 2.19. The first-order valence-corrected chi connectivity index (χ1v) is 9.47. The third kappa shape index (κ3) is 4.89. The van der Waals surface area contributed by atoms with Crippen molar-refractivity contribution in [3.05, 3.63) is 58.6 Å². The Morgan fingerprint density at radius 3 is 2.65 bits per heavy atom. The second-order valence-electron chi connectivity index (χ2n) is 6.30. The third-order valence-electron chi connectivity index (χ3n) is 4.45. The zero-order valence-corrected chi connectivity index (χ0v) is 15.6. The second kappa shape index (κ2) is 8.91. The van der Waals surface area contributed by atoms with Crippen LogP contribution in [0, 0.1) is 16.0 Å². The van der Waals surface area contributed by atoms with Crippen molar-refractivity contribution in [1.82, 2.24) is 0 Å². The van der Waals surface area contributed by atoms with E-state index in [0.717, 1.165) is 43.2 Å². The Balaban J connectivity index is 1.70. The number of nitro benzene ring substituents is 1. The SMILES string of the molecule is CN(Sc1ccccc1)c1ccc(NCC2CCOCC2)c([N+](=O)[O-])c1. The molecular formula is C19H23N3O3S. The molecule has 0 bridgehead atoms. The van der Waals surface area contributed by atoms with Crippen LogP contribution in [-0.2, 0) is 4.74 Å². The summed E-state index contributed by atoms with van der Waals surface area (Å²) in [5.74, 6) is 0.499. The van der Waals surface area contributed by atoms with Crippen LogP contribution >= 0.6 is 11.9 Å². The van der Waals surface area contributed by atoms with E-state index in [9.17, 15) is 10.1 Å². The van der Waals surface area contributed by atoms with E-state index in [2.05, 4.69) is 5.32 Å². The molecule has 6 nitrogen and oxygen atoms in total. The maximum absolute atomic E-state index is 11.5. The molecule has 0 spiro atoms. The van der Waals surface area contributed by atoms with Crippen LogP contribution in [0.3, 0.4) is 0 Å². The minimum absolute atomic E-state index is 0.107. The Morgan fingerprint density at radius 1 is 1.23 bits per heavy atom. The van der Waals surface area contributed by atoms with Crippen LogP contribution in [0.4, 0.5) is 17.1 Å². The summed E-state index contributed by atoms with van der Waals surface area (Å²) < 4.78 is 7.30. The first kappa shape index (κ1) is 18.5. The molecule has 0 aromatic heterocycles. The lowest BCUT2D eigenvalue weighted by atomic mass is 10.0. The Morgan fingerprint density at radius 2 is 1.96 bits per heavy atom. The van der Waals surface area contributed by atoms with Crippen LogP contribution in [-0.4, -0.2) is 31.7 Å². The number of hydrogen-bond acceptors (Lipinski definition) is 6. The number of nitrogens with one attached hydrogen (secondary N) is 1. The van der Waals surface area contributed by atoms with Crippen molar-refractivity contribution in [3.63, 3.8) is 0 Å². The summed E-state index contributed by atoms with van der Waals surface area (Å²) in [5, 5.41) is 14.8. The molecule has 2 aromatic carbocycles. The summed E-state index contributed by atoms with van der Waals surface area (Å²) in [7, 11) is 1.91. The van der Waals surface area contributed by atoms with Gasteiger partial charge >= 0.3 is 0 Å². The fourth-order valence-electron chi connectivity index (χ4n) is 2.91. The van der Waals surface area contributed by atoms with Gasteiger partial charge in [-0.1, -0.05) is 18.2 Å². The van der Waals surface area contributed by atoms with Gasteiger partial charge in [-0.15, -0.1) is 0 Å². The van der Waals surface area contributed by atoms with Crippen molar-refractivity contribution in [1.29, 1.82) is 0 Å². The van der Waals surface area contributed by atoms with Gasteiger partial charge in [-0.2, -0.15) is 0 Å². The van der Waals surface area contributed by atoms with E-state index in [0.29, 0.717) is 11.6 Å². The van der Waals surface area contributed by atoms with E-state index in [1.807, 2.05) is 47.8 Å². The molecular weight excluding hydrogens is 350 g/mol. The summed E-state index contributed by atoms with van der Waals surface area (Å²) in [6.45, 7) is 2.28. The van der Waals surface area contributed by atoms with Gasteiger partial charge in [0, 0.05) is 37.8 Å². The first-order chi connectivity index (χ1) is 12.6. The van der Waals surface area contributed by atoms with Crippen LogP contribution in [0.25, 0.3) is 0 Å². The van der Waals surface area contributed by atoms with E-state index in [1.165, 1.54) is 11.9 Å². The van der Waals surface area contributed by atoms with Crippen molar-refractivity contribution >= 4 is 29.0 Å². The van der Waals surface area contributed by atoms with E-state index < -0.39 is 0 Å². The lowest BCUT2D eigenvalue weighted by molar-refractivity contribution is -0.383. The van der Waals surface area contributed by atoms with Crippen molar-refractivity contribution in [2.24, 2.45) is 5.92 Å². The number of ether oxygens (including phenoxy) is 1. The molecule has 0 radical (unpaired) electrons. The predicted octanol–water partition coefficient (Wildman–Crippen LogP) is 4.58. The van der Waals surface area contributed by atoms with Gasteiger partial charge in [0.05, 0.1) is 10.6 Å². The van der Waals surface area contributed by atoms with Gasteiger partial charge in [0.1, 0.15) is 5.69 Å². The van der Waals surface area contributed by atoms with E-state index >= 15 is 0 Å². The summed E-state index contributed by atoms with van der Waals surface area (Å²) in [4.78, 5) is 12.3. The van der Waals surface area contributed by atoms with E-state index in [4.69, 9.17) is 4.74 Å². The fraction of sp³-hybridized carbons (Fsp3) is 0.368. The molecule has 0 amide bonds. The van der Waals surface area contributed by atoms with Gasteiger partial charge in [-0.3, -0.25) is 10.1 Å². The molecule has 0 atom stereocenters. The van der Waals surface area contributed by atoms with Gasteiger partial charge in [0.2, 0.25) is 0 Å². The van der Waals surface area contributed by atoms with E-state index in [-0.39, 0.29) is 10.6 Å². The molecule has 1 saturated heterocycles. The lowest BCUT2D eigenvalue weighted by Crippen LogP contribution is -2.22. The van der Waals surface area contributed by atoms with Gasteiger partial charge in [0.25, 0.3) is 5.69 Å². The Labute approximate surface area is 157 Å². The summed E-state index contributed by atoms with van der Waals surface area (Å²) >= 11 is 1.54. The number of nitrogens with zero attached hydrogens (tertiary/aromatic N) is 2. The molecule has 138 valence electrons.